The van der Waals surface area contributed by atoms with Gasteiger partial charge < -0.3 is 25.8 Å². The summed E-state index contributed by atoms with van der Waals surface area (Å²) in [5, 5.41) is 28.9. The minimum Gasteiger partial charge on any atom is -0.504 e. The predicted octanol–water partition coefficient (Wildman–Crippen LogP) is 0.0216. The Hall–Kier alpha value is -1.79. The van der Waals surface area contributed by atoms with Crippen molar-refractivity contribution in [1.29, 1.82) is 0 Å². The Morgan fingerprint density at radius 1 is 1.59 bits per heavy atom. The molecule has 17 heavy (non-hydrogen) atoms. The van der Waals surface area contributed by atoms with Crippen LogP contribution >= 0.6 is 0 Å². The van der Waals surface area contributed by atoms with Crippen LogP contribution < -0.4 is 5.73 Å². The molecule has 2 atom stereocenters. The van der Waals surface area contributed by atoms with E-state index in [4.69, 9.17) is 11.2 Å². The zero-order valence-corrected chi connectivity index (χ0v) is 9.02. The second-order valence-corrected chi connectivity index (χ2v) is 3.06. The second kappa shape index (κ2) is 5.51. The fourth-order valence-electron chi connectivity index (χ4n) is 1.02. The molecule has 6 nitrogen and oxygen atoms in total. The lowest BCUT2D eigenvalue weighted by Crippen LogP contribution is -2.38. The molecule has 0 saturated carbocycles. The summed E-state index contributed by atoms with van der Waals surface area (Å²) in [5.41, 5.74) is 4.53. The summed E-state index contributed by atoms with van der Waals surface area (Å²) >= 11 is 0. The van der Waals surface area contributed by atoms with E-state index >= 15 is 0 Å². The fraction of sp³-hybridized carbons (Fsp3) is 0.364. The number of benzene rings is 1. The summed E-state index contributed by atoms with van der Waals surface area (Å²) < 4.78 is 34.9. The molecule has 0 saturated heterocycles. The molecule has 0 aromatic heterocycles. The first-order chi connectivity index (χ1) is 9.57. The van der Waals surface area contributed by atoms with Crippen LogP contribution in [0.3, 0.4) is 0 Å². The first kappa shape index (κ1) is 8.32. The van der Waals surface area contributed by atoms with E-state index in [1.165, 1.54) is 6.92 Å². The van der Waals surface area contributed by atoms with E-state index in [1.54, 1.807) is 0 Å². The van der Waals surface area contributed by atoms with Gasteiger partial charge in [-0.15, -0.1) is 0 Å². The molecule has 0 radical (unpaired) electrons. The largest absolute Gasteiger partial charge is 0.504 e. The van der Waals surface area contributed by atoms with E-state index in [2.05, 4.69) is 4.74 Å². The number of esters is 1. The Bertz CT molecular complexity index is 549. The highest BCUT2D eigenvalue weighted by atomic mass is 16.5. The van der Waals surface area contributed by atoms with Gasteiger partial charge in [0.15, 0.2) is 11.5 Å². The zero-order chi connectivity index (χ0) is 16.5. The minimum atomic E-state index is -2.98. The van der Waals surface area contributed by atoms with Crippen LogP contribution in [0.5, 0.6) is 11.5 Å². The van der Waals surface area contributed by atoms with Gasteiger partial charge in [-0.3, -0.25) is 4.79 Å². The van der Waals surface area contributed by atoms with Gasteiger partial charge in [-0.05, 0) is 24.6 Å². The lowest BCUT2D eigenvalue weighted by Gasteiger charge is -2.17. The molecular formula is C11H15NO5. The smallest absolute Gasteiger partial charge is 0.325 e. The number of ether oxygens (including phenoxy) is 1. The number of hydrogen-bond donors (Lipinski definition) is 4. The molecule has 0 fully saturated rings. The third kappa shape index (κ3) is 3.08. The van der Waals surface area contributed by atoms with Crippen LogP contribution in [0, 0.1) is 0 Å². The summed E-state index contributed by atoms with van der Waals surface area (Å²) in [5.74, 6) is -3.27. The summed E-state index contributed by atoms with van der Waals surface area (Å²) in [6, 6.07) is -4.73. The van der Waals surface area contributed by atoms with E-state index in [1.807, 2.05) is 0 Å². The number of hydrogen-bond acceptors (Lipinski definition) is 6. The van der Waals surface area contributed by atoms with Gasteiger partial charge in [0.05, 0.1) is 12.1 Å². The van der Waals surface area contributed by atoms with Gasteiger partial charge in [0.1, 0.15) is 12.1 Å². The van der Waals surface area contributed by atoms with Crippen molar-refractivity contribution in [2.45, 2.75) is 19.0 Å². The van der Waals surface area contributed by atoms with Gasteiger partial charge >= 0.3 is 5.97 Å². The van der Waals surface area contributed by atoms with E-state index < -0.39 is 53.3 Å². The molecule has 0 aliphatic heterocycles. The number of nitrogens with two attached hydrogens (primary N) is 1. The normalized spacial score (nSPS) is 19.2. The van der Waals surface area contributed by atoms with Crippen molar-refractivity contribution < 1.29 is 30.3 Å². The standard InChI is InChI=1S/C11H15NO5/c1-2-17-11(16)9(12)10(15)6-3-4-7(13)8(14)5-6/h3-5,9-10,13-15H,2,12H2,1H3/t9-,10+/m1/s1/i3D,4D,5D,10D. The predicted molar refractivity (Wildman–Crippen MR) is 59.3 cm³/mol. The number of phenols is 2. The molecule has 0 spiro atoms. The number of carbonyl (C=O) groups excluding carboxylic acids is 1. The van der Waals surface area contributed by atoms with E-state index in [0.717, 1.165) is 0 Å². The quantitative estimate of drug-likeness (QED) is 0.439. The maximum atomic E-state index is 11.5. The summed E-state index contributed by atoms with van der Waals surface area (Å²) in [6.07, 6.45) is -2.98. The number of aliphatic hydroxyl groups is 1. The van der Waals surface area contributed by atoms with Crippen molar-refractivity contribution >= 4 is 5.97 Å². The van der Waals surface area contributed by atoms with Crippen molar-refractivity contribution in [1.82, 2.24) is 0 Å². The average molecular weight is 245 g/mol. The van der Waals surface area contributed by atoms with Crippen LogP contribution in [0.4, 0.5) is 0 Å². The lowest BCUT2D eigenvalue weighted by molar-refractivity contribution is -0.147. The van der Waals surface area contributed by atoms with E-state index in [0.29, 0.717) is 0 Å². The Balaban J connectivity index is 3.48. The molecule has 0 aliphatic rings. The molecule has 0 amide bonds. The van der Waals surface area contributed by atoms with Crippen LogP contribution in [0.15, 0.2) is 18.1 Å². The topological polar surface area (TPSA) is 113 Å². The van der Waals surface area contributed by atoms with Crippen molar-refractivity contribution in [3.63, 3.8) is 0 Å². The number of carbonyl (C=O) groups is 1. The maximum absolute atomic E-state index is 11.5. The first-order valence-electron chi connectivity index (χ1n) is 6.74. The van der Waals surface area contributed by atoms with Gasteiger partial charge in [0.25, 0.3) is 0 Å². The van der Waals surface area contributed by atoms with E-state index in [-0.39, 0.29) is 6.61 Å². The van der Waals surface area contributed by atoms with Gasteiger partial charge in [-0.2, -0.15) is 0 Å². The van der Waals surface area contributed by atoms with Crippen molar-refractivity contribution in [2.24, 2.45) is 5.73 Å². The molecule has 1 aromatic rings. The highest BCUT2D eigenvalue weighted by Gasteiger charge is 2.25. The lowest BCUT2D eigenvalue weighted by atomic mass is 10.0. The Morgan fingerprint density at radius 2 is 2.24 bits per heavy atom. The highest BCUT2D eigenvalue weighted by molar-refractivity contribution is 5.76. The second-order valence-electron chi connectivity index (χ2n) is 3.06. The Kier molecular flexibility index (Phi) is 2.70. The molecule has 1 aromatic carbocycles. The van der Waals surface area contributed by atoms with Crippen molar-refractivity contribution in [3.05, 3.63) is 23.7 Å². The number of rotatable bonds is 4. The third-order valence-corrected chi connectivity index (χ3v) is 1.86. The maximum Gasteiger partial charge on any atom is 0.325 e. The van der Waals surface area contributed by atoms with Gasteiger partial charge in [-0.1, -0.05) is 6.04 Å². The SMILES string of the molecule is [2H]c1c([2H])c([C@]([2H])(O)[C@@H](N)C(=O)OCC)c([2H])c(O)c1O. The molecule has 0 heterocycles. The van der Waals surface area contributed by atoms with Crippen LogP contribution in [0.25, 0.3) is 0 Å². The Labute approximate surface area is 104 Å². The summed E-state index contributed by atoms with van der Waals surface area (Å²) in [7, 11) is 0. The molecular weight excluding hydrogens is 226 g/mol. The number of phenolic OH excluding ortho intramolecular Hbond substituents is 2. The monoisotopic (exact) mass is 245 g/mol. The summed E-state index contributed by atoms with van der Waals surface area (Å²) in [6.45, 7) is 1.42. The molecule has 0 bridgehead atoms. The molecule has 94 valence electrons. The van der Waals surface area contributed by atoms with Gasteiger partial charge in [0.2, 0.25) is 0 Å². The molecule has 5 N–H and O–H groups in total. The van der Waals surface area contributed by atoms with Crippen molar-refractivity contribution in [2.75, 3.05) is 6.61 Å². The van der Waals surface area contributed by atoms with Gasteiger partial charge in [0, 0.05) is 0 Å². The molecule has 1 rings (SSSR count). The van der Waals surface area contributed by atoms with Crippen molar-refractivity contribution in [3.8, 4) is 11.5 Å². The minimum absolute atomic E-state index is 0.0609. The zero-order valence-electron chi connectivity index (χ0n) is 13.0. The van der Waals surface area contributed by atoms with Crippen LogP contribution in [0.2, 0.25) is 0 Å². The number of aromatic hydroxyl groups is 2. The molecule has 6 heteroatoms. The van der Waals surface area contributed by atoms with Gasteiger partial charge in [-0.25, -0.2) is 0 Å². The summed E-state index contributed by atoms with van der Waals surface area (Å²) in [4.78, 5) is 11.5. The highest BCUT2D eigenvalue weighted by Crippen LogP contribution is 2.28. The molecule has 0 unspecified atom stereocenters. The average Bonchev–Trinajstić information content (AvgIpc) is 2.42. The van der Waals surface area contributed by atoms with Crippen LogP contribution in [-0.2, 0) is 9.53 Å². The molecule has 0 aliphatic carbocycles. The van der Waals surface area contributed by atoms with Crippen LogP contribution in [-0.4, -0.2) is 33.9 Å². The fourth-order valence-corrected chi connectivity index (χ4v) is 1.02. The van der Waals surface area contributed by atoms with Crippen LogP contribution in [0.1, 0.15) is 24.1 Å². The Morgan fingerprint density at radius 3 is 2.82 bits per heavy atom. The third-order valence-electron chi connectivity index (χ3n) is 1.86. The first-order valence-corrected chi connectivity index (χ1v) is 4.74. The van der Waals surface area contributed by atoms with E-state index in [9.17, 15) is 20.1 Å².